The summed E-state index contributed by atoms with van der Waals surface area (Å²) in [5.74, 6) is 0.757. The fourth-order valence-electron chi connectivity index (χ4n) is 2.56. The number of hydrogen-bond donors (Lipinski definition) is 1. The molecule has 0 saturated heterocycles. The monoisotopic (exact) mass is 380 g/mol. The molecular weight excluding hydrogens is 359 g/mol. The lowest BCUT2D eigenvalue weighted by Gasteiger charge is -2.20. The van der Waals surface area contributed by atoms with E-state index in [2.05, 4.69) is 5.32 Å². The zero-order valence-electron chi connectivity index (χ0n) is 14.6. The van der Waals surface area contributed by atoms with Gasteiger partial charge >= 0.3 is 0 Å². The summed E-state index contributed by atoms with van der Waals surface area (Å²) >= 11 is 12.1. The summed E-state index contributed by atoms with van der Waals surface area (Å²) in [5, 5.41) is 4.09. The van der Waals surface area contributed by atoms with Gasteiger partial charge in [-0.05, 0) is 49.4 Å². The van der Waals surface area contributed by atoms with E-state index in [-0.39, 0.29) is 11.9 Å². The number of methoxy groups -OCH3 is 1. The number of carbonyl (C=O) groups excluding carboxylic acids is 1. The average molecular weight is 381 g/mol. The van der Waals surface area contributed by atoms with Crippen molar-refractivity contribution in [1.82, 2.24) is 10.2 Å². The van der Waals surface area contributed by atoms with Crippen LogP contribution < -0.4 is 10.1 Å². The summed E-state index contributed by atoms with van der Waals surface area (Å²) in [5.41, 5.74) is 1.96. The van der Waals surface area contributed by atoms with Crippen LogP contribution in [0.25, 0.3) is 0 Å². The lowest BCUT2D eigenvalue weighted by molar-refractivity contribution is -0.122. The second kappa shape index (κ2) is 9.09. The number of amides is 1. The smallest absolute Gasteiger partial charge is 0.234 e. The van der Waals surface area contributed by atoms with Crippen LogP contribution in [0, 0.1) is 0 Å². The highest BCUT2D eigenvalue weighted by Gasteiger charge is 2.14. The first-order chi connectivity index (χ1) is 11.9. The van der Waals surface area contributed by atoms with Crippen LogP contribution in [0.1, 0.15) is 24.1 Å². The second-order valence-electron chi connectivity index (χ2n) is 5.98. The molecule has 1 atom stereocenters. The Morgan fingerprint density at radius 1 is 1.20 bits per heavy atom. The number of carbonyl (C=O) groups is 1. The molecule has 2 aromatic rings. The first-order valence-electron chi connectivity index (χ1n) is 7.95. The number of likely N-dealkylation sites (N-methyl/N-ethyl adjacent to an activating group) is 1. The van der Waals surface area contributed by atoms with E-state index in [9.17, 15) is 4.79 Å². The van der Waals surface area contributed by atoms with Gasteiger partial charge in [0.05, 0.1) is 19.7 Å². The van der Waals surface area contributed by atoms with Gasteiger partial charge in [0.1, 0.15) is 5.75 Å². The Hall–Kier alpha value is -1.75. The number of ether oxygens (including phenoxy) is 1. The van der Waals surface area contributed by atoms with Gasteiger partial charge in [0.25, 0.3) is 0 Å². The lowest BCUT2D eigenvalue weighted by Crippen LogP contribution is -2.36. The van der Waals surface area contributed by atoms with Gasteiger partial charge in [-0.2, -0.15) is 0 Å². The van der Waals surface area contributed by atoms with Crippen molar-refractivity contribution in [2.75, 3.05) is 20.7 Å². The minimum Gasteiger partial charge on any atom is -0.497 e. The molecule has 0 bridgehead atoms. The van der Waals surface area contributed by atoms with Gasteiger partial charge in [-0.15, -0.1) is 0 Å². The van der Waals surface area contributed by atoms with Gasteiger partial charge in [0.2, 0.25) is 5.91 Å². The predicted octanol–water partition coefficient (Wildman–Crippen LogP) is 4.31. The third-order valence-electron chi connectivity index (χ3n) is 3.83. The van der Waals surface area contributed by atoms with Gasteiger partial charge in [-0.25, -0.2) is 0 Å². The third kappa shape index (κ3) is 5.92. The molecule has 0 aliphatic rings. The van der Waals surface area contributed by atoms with Gasteiger partial charge in [0, 0.05) is 16.6 Å². The van der Waals surface area contributed by atoms with Crippen LogP contribution in [0.4, 0.5) is 0 Å². The normalized spacial score (nSPS) is 12.1. The van der Waals surface area contributed by atoms with E-state index in [0.29, 0.717) is 23.1 Å². The predicted molar refractivity (Wildman–Crippen MR) is 102 cm³/mol. The molecule has 134 valence electrons. The Bertz CT molecular complexity index is 720. The van der Waals surface area contributed by atoms with Crippen LogP contribution in [0.2, 0.25) is 10.0 Å². The molecule has 1 N–H and O–H groups in total. The van der Waals surface area contributed by atoms with Crippen LogP contribution in [0.5, 0.6) is 5.75 Å². The number of benzene rings is 2. The molecule has 1 amide bonds. The van der Waals surface area contributed by atoms with Crippen LogP contribution in [-0.4, -0.2) is 31.5 Å². The van der Waals surface area contributed by atoms with Crippen molar-refractivity contribution in [2.24, 2.45) is 0 Å². The number of nitrogens with zero attached hydrogens (tertiary/aromatic N) is 1. The maximum absolute atomic E-state index is 12.3. The maximum atomic E-state index is 12.3. The van der Waals surface area contributed by atoms with E-state index < -0.39 is 0 Å². The molecule has 0 aromatic heterocycles. The van der Waals surface area contributed by atoms with E-state index in [1.54, 1.807) is 19.2 Å². The first kappa shape index (κ1) is 19.6. The number of nitrogens with one attached hydrogen (secondary N) is 1. The molecule has 0 fully saturated rings. The molecule has 4 nitrogen and oxygen atoms in total. The number of halogens is 2. The van der Waals surface area contributed by atoms with E-state index >= 15 is 0 Å². The summed E-state index contributed by atoms with van der Waals surface area (Å²) < 4.78 is 5.14. The zero-order valence-corrected chi connectivity index (χ0v) is 16.1. The van der Waals surface area contributed by atoms with Crippen molar-refractivity contribution >= 4 is 29.1 Å². The minimum absolute atomic E-state index is 0.0606. The number of rotatable bonds is 7. The average Bonchev–Trinajstić information content (AvgIpc) is 2.55. The molecule has 2 aromatic carbocycles. The Kier molecular flexibility index (Phi) is 7.12. The molecule has 0 unspecified atom stereocenters. The fraction of sp³-hybridized carbons (Fsp3) is 0.316. The van der Waals surface area contributed by atoms with Crippen molar-refractivity contribution in [3.63, 3.8) is 0 Å². The largest absolute Gasteiger partial charge is 0.497 e. The second-order valence-corrected chi connectivity index (χ2v) is 6.82. The molecule has 25 heavy (non-hydrogen) atoms. The molecule has 0 aliphatic carbocycles. The van der Waals surface area contributed by atoms with E-state index in [4.69, 9.17) is 27.9 Å². The summed E-state index contributed by atoms with van der Waals surface area (Å²) in [6, 6.07) is 12.9. The van der Waals surface area contributed by atoms with Gasteiger partial charge in [0.15, 0.2) is 0 Å². The summed E-state index contributed by atoms with van der Waals surface area (Å²) in [6.07, 6.45) is 0. The number of hydrogen-bond acceptors (Lipinski definition) is 3. The van der Waals surface area contributed by atoms with Crippen LogP contribution in [0.15, 0.2) is 42.5 Å². The molecule has 0 spiro atoms. The van der Waals surface area contributed by atoms with E-state index in [0.717, 1.165) is 16.9 Å². The highest BCUT2D eigenvalue weighted by atomic mass is 35.5. The van der Waals surface area contributed by atoms with Crippen molar-refractivity contribution in [3.8, 4) is 5.75 Å². The highest BCUT2D eigenvalue weighted by molar-refractivity contribution is 6.35. The molecular formula is C19H22Cl2N2O2. The van der Waals surface area contributed by atoms with Crippen LogP contribution in [0.3, 0.4) is 0 Å². The fourth-order valence-corrected chi connectivity index (χ4v) is 3.13. The van der Waals surface area contributed by atoms with Crippen molar-refractivity contribution < 1.29 is 9.53 Å². The van der Waals surface area contributed by atoms with Crippen molar-refractivity contribution in [3.05, 3.63) is 63.6 Å². The van der Waals surface area contributed by atoms with Crippen molar-refractivity contribution in [2.45, 2.75) is 19.5 Å². The first-order valence-corrected chi connectivity index (χ1v) is 8.70. The molecule has 0 saturated carbocycles. The minimum atomic E-state index is -0.188. The van der Waals surface area contributed by atoms with Crippen LogP contribution in [-0.2, 0) is 11.3 Å². The standard InChI is InChI=1S/C19H22Cl2N2O2/c1-13(17-9-6-15(20)10-18(17)21)22-19(24)12-23(2)11-14-4-7-16(25-3)8-5-14/h4-10,13H,11-12H2,1-3H3,(H,22,24)/t13-/m0/s1. The van der Waals surface area contributed by atoms with Gasteiger partial charge in [-0.3, -0.25) is 9.69 Å². The molecule has 0 aliphatic heterocycles. The quantitative estimate of drug-likeness (QED) is 0.777. The topological polar surface area (TPSA) is 41.6 Å². The van der Waals surface area contributed by atoms with E-state index in [1.807, 2.05) is 49.2 Å². The van der Waals surface area contributed by atoms with Crippen LogP contribution >= 0.6 is 23.2 Å². The van der Waals surface area contributed by atoms with Gasteiger partial charge in [-0.1, -0.05) is 41.4 Å². The maximum Gasteiger partial charge on any atom is 0.234 e. The molecule has 0 heterocycles. The Morgan fingerprint density at radius 3 is 2.48 bits per heavy atom. The molecule has 2 rings (SSSR count). The summed E-state index contributed by atoms with van der Waals surface area (Å²) in [6.45, 7) is 2.87. The highest BCUT2D eigenvalue weighted by Crippen LogP contribution is 2.26. The zero-order chi connectivity index (χ0) is 18.4. The Labute approximate surface area is 158 Å². The van der Waals surface area contributed by atoms with Gasteiger partial charge < -0.3 is 10.1 Å². The van der Waals surface area contributed by atoms with Crippen molar-refractivity contribution in [1.29, 1.82) is 0 Å². The molecule has 0 radical (unpaired) electrons. The summed E-state index contributed by atoms with van der Waals surface area (Å²) in [4.78, 5) is 14.2. The lowest BCUT2D eigenvalue weighted by atomic mass is 10.1. The Balaban J connectivity index is 1.87. The Morgan fingerprint density at radius 2 is 1.88 bits per heavy atom. The van der Waals surface area contributed by atoms with E-state index in [1.165, 1.54) is 0 Å². The molecule has 6 heteroatoms. The summed E-state index contributed by atoms with van der Waals surface area (Å²) in [7, 11) is 3.54. The third-order valence-corrected chi connectivity index (χ3v) is 4.39. The SMILES string of the molecule is COc1ccc(CN(C)CC(=O)N[C@@H](C)c2ccc(Cl)cc2Cl)cc1.